The van der Waals surface area contributed by atoms with E-state index in [4.69, 9.17) is 0 Å². The minimum Gasteiger partial charge on any atom is -0.292 e. The smallest absolute Gasteiger partial charge is 0.267 e. The van der Waals surface area contributed by atoms with Crippen molar-refractivity contribution in [2.45, 2.75) is 20.3 Å². The fourth-order valence-electron chi connectivity index (χ4n) is 1.05. The summed E-state index contributed by atoms with van der Waals surface area (Å²) in [6, 6.07) is 0. The van der Waals surface area contributed by atoms with Gasteiger partial charge in [0.1, 0.15) is 0 Å². The van der Waals surface area contributed by atoms with Crippen LogP contribution in [0.1, 0.15) is 13.8 Å². The van der Waals surface area contributed by atoms with Crippen LogP contribution in [0, 0.1) is 5.92 Å². The fourth-order valence-corrected chi connectivity index (χ4v) is 1.05. The molecule has 0 aromatic rings. The largest absolute Gasteiger partial charge is 0.292 e. The highest BCUT2D eigenvalue weighted by Crippen LogP contribution is 2.16. The van der Waals surface area contributed by atoms with Gasteiger partial charge < -0.3 is 0 Å². The SMILES string of the molecule is C=N/C=C(\C(=N/C)C(C)C)C(F)F. The van der Waals surface area contributed by atoms with Crippen molar-refractivity contribution in [3.8, 4) is 0 Å². The monoisotopic (exact) mass is 188 g/mol. The van der Waals surface area contributed by atoms with Gasteiger partial charge in [-0.15, -0.1) is 0 Å². The second-order valence-corrected chi connectivity index (χ2v) is 2.83. The quantitative estimate of drug-likeness (QED) is 0.606. The van der Waals surface area contributed by atoms with Gasteiger partial charge in [0, 0.05) is 19.0 Å². The van der Waals surface area contributed by atoms with Crippen LogP contribution in [-0.4, -0.2) is 25.9 Å². The summed E-state index contributed by atoms with van der Waals surface area (Å²) in [5.74, 6) is -0.0352. The lowest BCUT2D eigenvalue weighted by atomic mass is 10.0. The van der Waals surface area contributed by atoms with Crippen LogP contribution in [-0.2, 0) is 0 Å². The highest BCUT2D eigenvalue weighted by atomic mass is 19.3. The first-order valence-corrected chi connectivity index (χ1v) is 3.95. The molecule has 13 heavy (non-hydrogen) atoms. The lowest BCUT2D eigenvalue weighted by Crippen LogP contribution is -2.16. The molecule has 0 rings (SSSR count). The standard InChI is InChI=1S/C9H14F2N2/c1-6(2)8(13-4)7(5-12-3)9(10)11/h5-6,9H,3H2,1-2,4H3/b7-5+,13-8-. The summed E-state index contributed by atoms with van der Waals surface area (Å²) in [5.41, 5.74) is 0.231. The molecule has 0 fully saturated rings. The van der Waals surface area contributed by atoms with Crippen molar-refractivity contribution in [3.63, 3.8) is 0 Å². The third kappa shape index (κ3) is 3.44. The molecule has 0 heterocycles. The Morgan fingerprint density at radius 2 is 1.92 bits per heavy atom. The number of allylic oxidation sites excluding steroid dienone is 1. The van der Waals surface area contributed by atoms with Crippen LogP contribution < -0.4 is 0 Å². The van der Waals surface area contributed by atoms with E-state index in [-0.39, 0.29) is 11.5 Å². The van der Waals surface area contributed by atoms with Gasteiger partial charge >= 0.3 is 0 Å². The average molecular weight is 188 g/mol. The number of aliphatic imine (C=N–C) groups is 2. The Kier molecular flexibility index (Phi) is 5.11. The van der Waals surface area contributed by atoms with Crippen LogP contribution in [0.15, 0.2) is 21.8 Å². The van der Waals surface area contributed by atoms with E-state index < -0.39 is 6.43 Å². The normalized spacial score (nSPS) is 14.1. The van der Waals surface area contributed by atoms with Crippen molar-refractivity contribution in [1.82, 2.24) is 0 Å². The lowest BCUT2D eigenvalue weighted by Gasteiger charge is -2.11. The third-order valence-corrected chi connectivity index (χ3v) is 1.55. The average Bonchev–Trinajstić information content (AvgIpc) is 2.03. The third-order valence-electron chi connectivity index (χ3n) is 1.55. The van der Waals surface area contributed by atoms with E-state index in [2.05, 4.69) is 16.7 Å². The molecular formula is C9H14F2N2. The topological polar surface area (TPSA) is 24.7 Å². The Bertz CT molecular complexity index is 230. The maximum atomic E-state index is 12.4. The molecule has 0 aromatic heterocycles. The van der Waals surface area contributed by atoms with Crippen LogP contribution in [0.25, 0.3) is 0 Å². The van der Waals surface area contributed by atoms with Gasteiger partial charge in [-0.05, 0) is 12.6 Å². The first kappa shape index (κ1) is 11.9. The van der Waals surface area contributed by atoms with Crippen molar-refractivity contribution in [1.29, 1.82) is 0 Å². The fraction of sp³-hybridized carbons (Fsp3) is 0.556. The molecule has 0 unspecified atom stereocenters. The molecule has 0 saturated heterocycles. The zero-order valence-electron chi connectivity index (χ0n) is 8.09. The zero-order valence-corrected chi connectivity index (χ0v) is 8.09. The van der Waals surface area contributed by atoms with Gasteiger partial charge in [0.2, 0.25) is 0 Å². The van der Waals surface area contributed by atoms with Crippen molar-refractivity contribution < 1.29 is 8.78 Å². The second kappa shape index (κ2) is 5.56. The van der Waals surface area contributed by atoms with Crippen LogP contribution in [0.2, 0.25) is 0 Å². The molecule has 0 atom stereocenters. The van der Waals surface area contributed by atoms with Gasteiger partial charge in [-0.1, -0.05) is 13.8 Å². The Morgan fingerprint density at radius 1 is 1.38 bits per heavy atom. The predicted molar refractivity (Wildman–Crippen MR) is 51.8 cm³/mol. The maximum absolute atomic E-state index is 12.4. The van der Waals surface area contributed by atoms with Gasteiger partial charge in [-0.3, -0.25) is 9.98 Å². The van der Waals surface area contributed by atoms with Gasteiger partial charge in [0.25, 0.3) is 6.43 Å². The van der Waals surface area contributed by atoms with Gasteiger partial charge in [0.15, 0.2) is 0 Å². The van der Waals surface area contributed by atoms with E-state index in [1.54, 1.807) is 0 Å². The maximum Gasteiger partial charge on any atom is 0.267 e. The number of hydrogen-bond donors (Lipinski definition) is 0. The molecule has 74 valence electrons. The number of hydrogen-bond acceptors (Lipinski definition) is 2. The van der Waals surface area contributed by atoms with Gasteiger partial charge in [-0.25, -0.2) is 8.78 Å². The van der Waals surface area contributed by atoms with E-state index in [0.29, 0.717) is 5.71 Å². The summed E-state index contributed by atoms with van der Waals surface area (Å²) in [5, 5.41) is 0. The van der Waals surface area contributed by atoms with E-state index in [9.17, 15) is 8.78 Å². The first-order chi connectivity index (χ1) is 6.04. The highest BCUT2D eigenvalue weighted by Gasteiger charge is 2.19. The lowest BCUT2D eigenvalue weighted by molar-refractivity contribution is 0.196. The zero-order chi connectivity index (χ0) is 10.4. The summed E-state index contributed by atoms with van der Waals surface area (Å²) in [6.07, 6.45) is -1.49. The summed E-state index contributed by atoms with van der Waals surface area (Å²) >= 11 is 0. The molecule has 4 heteroatoms. The Balaban J connectivity index is 4.93. The number of halogens is 2. The molecule has 0 amide bonds. The van der Waals surface area contributed by atoms with E-state index in [1.165, 1.54) is 7.05 Å². The van der Waals surface area contributed by atoms with Gasteiger partial charge in [-0.2, -0.15) is 0 Å². The Labute approximate surface area is 77.1 Å². The van der Waals surface area contributed by atoms with Crippen LogP contribution in [0.3, 0.4) is 0 Å². The molecule has 0 aliphatic rings. The van der Waals surface area contributed by atoms with Crippen molar-refractivity contribution in [2.75, 3.05) is 7.05 Å². The second-order valence-electron chi connectivity index (χ2n) is 2.83. The van der Waals surface area contributed by atoms with Gasteiger partial charge in [0.05, 0.1) is 5.57 Å². The summed E-state index contributed by atoms with van der Waals surface area (Å²) in [4.78, 5) is 7.14. The molecular weight excluding hydrogens is 174 g/mol. The molecule has 0 bridgehead atoms. The molecule has 0 N–H and O–H groups in total. The van der Waals surface area contributed by atoms with E-state index >= 15 is 0 Å². The van der Waals surface area contributed by atoms with E-state index in [1.807, 2.05) is 13.8 Å². The summed E-state index contributed by atoms with van der Waals surface area (Å²) in [7, 11) is 1.49. The molecule has 0 radical (unpaired) electrons. The molecule has 0 aliphatic carbocycles. The minimum atomic E-state index is -2.55. The first-order valence-electron chi connectivity index (χ1n) is 3.95. The van der Waals surface area contributed by atoms with Crippen molar-refractivity contribution in [3.05, 3.63) is 11.8 Å². The molecule has 2 nitrogen and oxygen atoms in total. The predicted octanol–water partition coefficient (Wildman–Crippen LogP) is 2.56. The Morgan fingerprint density at radius 3 is 2.15 bits per heavy atom. The van der Waals surface area contributed by atoms with Crippen LogP contribution in [0.4, 0.5) is 8.78 Å². The number of alkyl halides is 2. The Hall–Kier alpha value is -1.06. The molecule has 0 aliphatic heterocycles. The highest BCUT2D eigenvalue weighted by molar-refractivity contribution is 6.01. The molecule has 0 aromatic carbocycles. The van der Waals surface area contributed by atoms with Crippen molar-refractivity contribution in [2.24, 2.45) is 15.9 Å². The van der Waals surface area contributed by atoms with Crippen LogP contribution in [0.5, 0.6) is 0 Å². The summed E-state index contributed by atoms with van der Waals surface area (Å²) in [6.45, 7) is 6.76. The van der Waals surface area contributed by atoms with Crippen LogP contribution >= 0.6 is 0 Å². The summed E-state index contributed by atoms with van der Waals surface area (Å²) < 4.78 is 24.9. The molecule has 0 spiro atoms. The number of nitrogens with zero attached hydrogens (tertiary/aromatic N) is 2. The van der Waals surface area contributed by atoms with Crippen molar-refractivity contribution >= 4 is 12.4 Å². The minimum absolute atomic E-state index is 0.0352. The number of rotatable bonds is 4. The van der Waals surface area contributed by atoms with E-state index in [0.717, 1.165) is 6.20 Å². The molecule has 0 saturated carbocycles.